The van der Waals surface area contributed by atoms with E-state index >= 15 is 0 Å². The summed E-state index contributed by atoms with van der Waals surface area (Å²) in [5, 5.41) is 9.57. The van der Waals surface area contributed by atoms with Gasteiger partial charge in [-0.2, -0.15) is 0 Å². The summed E-state index contributed by atoms with van der Waals surface area (Å²) in [6, 6.07) is 16.9. The lowest BCUT2D eigenvalue weighted by atomic mass is 9.88. The second kappa shape index (κ2) is 9.96. The van der Waals surface area contributed by atoms with Crippen LogP contribution in [-0.4, -0.2) is 66.1 Å². The number of nitrogens with zero attached hydrogens (tertiary/aromatic N) is 2. The summed E-state index contributed by atoms with van der Waals surface area (Å²) < 4.78 is 5.35. The zero-order valence-electron chi connectivity index (χ0n) is 17.8. The molecule has 1 N–H and O–H groups in total. The van der Waals surface area contributed by atoms with Gasteiger partial charge in [0.15, 0.2) is 0 Å². The van der Waals surface area contributed by atoms with Crippen molar-refractivity contribution < 1.29 is 19.4 Å². The minimum Gasteiger partial charge on any atom is -0.508 e. The van der Waals surface area contributed by atoms with E-state index in [4.69, 9.17) is 4.74 Å². The average molecular weight is 423 g/mol. The van der Waals surface area contributed by atoms with Gasteiger partial charge in [0.25, 0.3) is 0 Å². The van der Waals surface area contributed by atoms with Gasteiger partial charge in [-0.25, -0.2) is 0 Å². The summed E-state index contributed by atoms with van der Waals surface area (Å²) in [7, 11) is 0. The van der Waals surface area contributed by atoms with Crippen molar-refractivity contribution in [3.05, 3.63) is 65.7 Å². The van der Waals surface area contributed by atoms with E-state index in [1.165, 1.54) is 0 Å². The van der Waals surface area contributed by atoms with Gasteiger partial charge in [0.05, 0.1) is 19.1 Å². The number of rotatable bonds is 5. The maximum atomic E-state index is 13.5. The summed E-state index contributed by atoms with van der Waals surface area (Å²) in [5.74, 6) is 0.251. The van der Waals surface area contributed by atoms with Gasteiger partial charge in [0.2, 0.25) is 11.8 Å². The molecule has 6 heteroatoms. The molecule has 2 aromatic carbocycles. The first-order valence-electron chi connectivity index (χ1n) is 11.1. The lowest BCUT2D eigenvalue weighted by molar-refractivity contribution is -0.144. The minimum atomic E-state index is -0.280. The van der Waals surface area contributed by atoms with Gasteiger partial charge in [-0.3, -0.25) is 9.59 Å². The number of likely N-dealkylation sites (tertiary alicyclic amines) is 1. The smallest absolute Gasteiger partial charge is 0.230 e. The molecule has 1 unspecified atom stereocenters. The van der Waals surface area contributed by atoms with Gasteiger partial charge < -0.3 is 19.6 Å². The van der Waals surface area contributed by atoms with E-state index < -0.39 is 0 Å². The van der Waals surface area contributed by atoms with Gasteiger partial charge in [-0.1, -0.05) is 42.5 Å². The van der Waals surface area contributed by atoms with E-state index in [9.17, 15) is 14.7 Å². The second-order valence-corrected chi connectivity index (χ2v) is 8.37. The predicted octanol–water partition coefficient (Wildman–Crippen LogP) is 2.82. The number of amides is 2. The zero-order chi connectivity index (χ0) is 21.6. The molecule has 0 aromatic heterocycles. The molecular formula is C25H30N2O4. The van der Waals surface area contributed by atoms with Crippen LogP contribution in [0.2, 0.25) is 0 Å². The van der Waals surface area contributed by atoms with E-state index in [1.807, 2.05) is 52.3 Å². The van der Waals surface area contributed by atoms with Gasteiger partial charge in [0, 0.05) is 32.1 Å². The molecule has 2 saturated heterocycles. The van der Waals surface area contributed by atoms with E-state index in [2.05, 4.69) is 0 Å². The topological polar surface area (TPSA) is 70.1 Å². The SMILES string of the molecule is O=C(C1CCN(C(=O)C(Cc2ccc(O)cc2)c2ccccc2)CC1)N1CCOCC1. The number of carbonyl (C=O) groups excluding carboxylic acids is 2. The molecule has 0 saturated carbocycles. The molecule has 2 aliphatic heterocycles. The monoisotopic (exact) mass is 422 g/mol. The van der Waals surface area contributed by atoms with Crippen molar-refractivity contribution in [3.8, 4) is 5.75 Å². The van der Waals surface area contributed by atoms with Crippen LogP contribution in [0.3, 0.4) is 0 Å². The summed E-state index contributed by atoms with van der Waals surface area (Å²) in [6.07, 6.45) is 2.00. The number of aromatic hydroxyl groups is 1. The maximum Gasteiger partial charge on any atom is 0.230 e. The van der Waals surface area contributed by atoms with Crippen molar-refractivity contribution in [2.24, 2.45) is 5.92 Å². The van der Waals surface area contributed by atoms with E-state index in [0.29, 0.717) is 58.7 Å². The van der Waals surface area contributed by atoms with Crippen molar-refractivity contribution in [3.63, 3.8) is 0 Å². The number of carbonyl (C=O) groups is 2. The predicted molar refractivity (Wildman–Crippen MR) is 118 cm³/mol. The fourth-order valence-electron chi connectivity index (χ4n) is 4.51. The van der Waals surface area contributed by atoms with E-state index in [0.717, 1.165) is 11.1 Å². The van der Waals surface area contributed by atoms with Crippen LogP contribution in [0.15, 0.2) is 54.6 Å². The molecule has 2 aliphatic rings. The third kappa shape index (κ3) is 5.25. The third-order valence-electron chi connectivity index (χ3n) is 6.35. The number of morpholine rings is 1. The van der Waals surface area contributed by atoms with Crippen molar-refractivity contribution in [1.29, 1.82) is 0 Å². The first kappa shape index (κ1) is 21.4. The third-order valence-corrected chi connectivity index (χ3v) is 6.35. The minimum absolute atomic E-state index is 0.00516. The standard InChI is InChI=1S/C25H30N2O4/c28-22-8-6-19(7-9-22)18-23(20-4-2-1-3-5-20)25(30)26-12-10-21(11-13-26)24(29)27-14-16-31-17-15-27/h1-9,21,23,28H,10-18H2. The van der Waals surface area contributed by atoms with Crippen molar-refractivity contribution in [1.82, 2.24) is 9.80 Å². The fraction of sp³-hybridized carbons (Fsp3) is 0.440. The van der Waals surface area contributed by atoms with Crippen molar-refractivity contribution in [2.75, 3.05) is 39.4 Å². The van der Waals surface area contributed by atoms with Crippen molar-refractivity contribution in [2.45, 2.75) is 25.2 Å². The molecular weight excluding hydrogens is 392 g/mol. The Hall–Kier alpha value is -2.86. The molecule has 1 atom stereocenters. The molecule has 164 valence electrons. The van der Waals surface area contributed by atoms with Crippen LogP contribution < -0.4 is 0 Å². The first-order chi connectivity index (χ1) is 15.1. The van der Waals surface area contributed by atoms with Crippen LogP contribution in [-0.2, 0) is 20.7 Å². The average Bonchev–Trinajstić information content (AvgIpc) is 2.84. The summed E-state index contributed by atoms with van der Waals surface area (Å²) in [5.41, 5.74) is 2.00. The number of phenolic OH excluding ortho intramolecular Hbond substituents is 1. The molecule has 31 heavy (non-hydrogen) atoms. The van der Waals surface area contributed by atoms with Gasteiger partial charge in [-0.15, -0.1) is 0 Å². The number of hydrogen-bond acceptors (Lipinski definition) is 4. The number of phenols is 1. The van der Waals surface area contributed by atoms with Crippen LogP contribution in [0.5, 0.6) is 5.75 Å². The maximum absolute atomic E-state index is 13.5. The van der Waals surface area contributed by atoms with Gasteiger partial charge in [0.1, 0.15) is 5.75 Å². The second-order valence-electron chi connectivity index (χ2n) is 8.37. The van der Waals surface area contributed by atoms with Crippen LogP contribution in [0.25, 0.3) is 0 Å². The Morgan fingerprint density at radius 2 is 1.55 bits per heavy atom. The highest BCUT2D eigenvalue weighted by Crippen LogP contribution is 2.28. The number of benzene rings is 2. The molecule has 4 rings (SSSR count). The van der Waals surface area contributed by atoms with Gasteiger partial charge >= 0.3 is 0 Å². The summed E-state index contributed by atoms with van der Waals surface area (Å²) in [4.78, 5) is 30.1. The zero-order valence-corrected chi connectivity index (χ0v) is 17.8. The molecule has 2 heterocycles. The molecule has 0 bridgehead atoms. The Morgan fingerprint density at radius 1 is 0.903 bits per heavy atom. The molecule has 2 fully saturated rings. The Bertz CT molecular complexity index is 870. The molecule has 0 radical (unpaired) electrons. The Morgan fingerprint density at radius 3 is 2.19 bits per heavy atom. The molecule has 0 spiro atoms. The molecule has 2 amide bonds. The molecule has 2 aromatic rings. The normalized spacial score (nSPS) is 18.6. The Labute approximate surface area is 183 Å². The number of ether oxygens (including phenoxy) is 1. The lowest BCUT2D eigenvalue weighted by Gasteiger charge is -2.36. The number of piperidine rings is 1. The first-order valence-corrected chi connectivity index (χ1v) is 11.1. The Kier molecular flexibility index (Phi) is 6.87. The highest BCUT2D eigenvalue weighted by molar-refractivity contribution is 5.85. The quantitative estimate of drug-likeness (QED) is 0.805. The van der Waals surface area contributed by atoms with Crippen molar-refractivity contribution >= 4 is 11.8 Å². The van der Waals surface area contributed by atoms with Gasteiger partial charge in [-0.05, 0) is 42.5 Å². The highest BCUT2D eigenvalue weighted by Gasteiger charge is 2.33. The highest BCUT2D eigenvalue weighted by atomic mass is 16.5. The number of hydrogen-bond donors (Lipinski definition) is 1. The summed E-state index contributed by atoms with van der Waals surface area (Å²) >= 11 is 0. The molecule has 6 nitrogen and oxygen atoms in total. The lowest BCUT2D eigenvalue weighted by Crippen LogP contribution is -2.48. The van der Waals surface area contributed by atoms with Crippen LogP contribution in [0, 0.1) is 5.92 Å². The van der Waals surface area contributed by atoms with Crippen LogP contribution in [0.1, 0.15) is 29.9 Å². The molecule has 0 aliphatic carbocycles. The van der Waals surface area contributed by atoms with E-state index in [1.54, 1.807) is 12.1 Å². The Balaban J connectivity index is 1.42. The van der Waals surface area contributed by atoms with E-state index in [-0.39, 0.29) is 29.4 Å². The van der Waals surface area contributed by atoms with Crippen LogP contribution in [0.4, 0.5) is 0 Å². The summed E-state index contributed by atoms with van der Waals surface area (Å²) in [6.45, 7) is 3.77. The largest absolute Gasteiger partial charge is 0.508 e. The fourth-order valence-corrected chi connectivity index (χ4v) is 4.51. The van der Waals surface area contributed by atoms with Crippen LogP contribution >= 0.6 is 0 Å².